The van der Waals surface area contributed by atoms with E-state index >= 15 is 0 Å². The summed E-state index contributed by atoms with van der Waals surface area (Å²) in [7, 11) is 1.71. The molecule has 0 radical (unpaired) electrons. The normalized spacial score (nSPS) is 15.9. The van der Waals surface area contributed by atoms with Gasteiger partial charge in [-0.1, -0.05) is 66.7 Å². The van der Waals surface area contributed by atoms with Crippen LogP contribution >= 0.6 is 0 Å². The molecule has 3 aromatic rings. The van der Waals surface area contributed by atoms with Crippen LogP contribution in [0.25, 0.3) is 0 Å². The van der Waals surface area contributed by atoms with Crippen molar-refractivity contribution in [3.05, 3.63) is 95.6 Å². The molecule has 0 spiro atoms. The maximum Gasteiger partial charge on any atom is 0.161 e. The lowest BCUT2D eigenvalue weighted by molar-refractivity contribution is 0.239. The Balaban J connectivity index is 1.61. The van der Waals surface area contributed by atoms with Crippen molar-refractivity contribution >= 4 is 0 Å². The molecule has 0 aromatic heterocycles. The van der Waals surface area contributed by atoms with Gasteiger partial charge in [-0.25, -0.2) is 0 Å². The third-order valence-electron chi connectivity index (χ3n) is 5.60. The molecule has 4 nitrogen and oxygen atoms in total. The van der Waals surface area contributed by atoms with E-state index in [1.165, 1.54) is 11.1 Å². The lowest BCUT2D eigenvalue weighted by Gasteiger charge is -2.31. The molecular weight excluding hydrogens is 372 g/mol. The average molecular weight is 403 g/mol. The predicted octanol–water partition coefficient (Wildman–Crippen LogP) is 4.66. The van der Waals surface area contributed by atoms with E-state index in [1.54, 1.807) is 7.11 Å². The summed E-state index contributed by atoms with van der Waals surface area (Å²) in [6.45, 7) is 4.71. The summed E-state index contributed by atoms with van der Waals surface area (Å²) in [5.41, 5.74) is 3.68. The van der Waals surface area contributed by atoms with Crippen molar-refractivity contribution in [1.82, 2.24) is 10.2 Å². The summed E-state index contributed by atoms with van der Waals surface area (Å²) in [6.07, 6.45) is 1.15. The zero-order chi connectivity index (χ0) is 20.6. The minimum atomic E-state index is 0.197. The second-order valence-corrected chi connectivity index (χ2v) is 7.64. The largest absolute Gasteiger partial charge is 0.493 e. The molecule has 1 aliphatic rings. The zero-order valence-corrected chi connectivity index (χ0v) is 17.6. The van der Waals surface area contributed by atoms with Crippen molar-refractivity contribution in [1.29, 1.82) is 0 Å². The van der Waals surface area contributed by atoms with Gasteiger partial charge < -0.3 is 14.8 Å². The number of ether oxygens (including phenoxy) is 2. The lowest BCUT2D eigenvalue weighted by Crippen LogP contribution is -2.33. The van der Waals surface area contributed by atoms with Crippen LogP contribution in [0, 0.1) is 0 Å². The van der Waals surface area contributed by atoms with Crippen LogP contribution in [0.2, 0.25) is 0 Å². The molecule has 0 aliphatic carbocycles. The third-order valence-corrected chi connectivity index (χ3v) is 5.60. The van der Waals surface area contributed by atoms with E-state index in [2.05, 4.69) is 64.8 Å². The van der Waals surface area contributed by atoms with Crippen molar-refractivity contribution in [3.8, 4) is 11.5 Å². The molecule has 1 fully saturated rings. The number of nitrogens with zero attached hydrogens (tertiary/aromatic N) is 1. The minimum Gasteiger partial charge on any atom is -0.493 e. The molecule has 3 aromatic carbocycles. The van der Waals surface area contributed by atoms with Gasteiger partial charge in [0.25, 0.3) is 0 Å². The van der Waals surface area contributed by atoms with Gasteiger partial charge in [0.1, 0.15) is 6.61 Å². The van der Waals surface area contributed by atoms with E-state index in [4.69, 9.17) is 9.47 Å². The fourth-order valence-electron chi connectivity index (χ4n) is 4.08. The van der Waals surface area contributed by atoms with Crippen molar-refractivity contribution in [3.63, 3.8) is 0 Å². The first kappa shape index (κ1) is 20.5. The van der Waals surface area contributed by atoms with Gasteiger partial charge in [-0.05, 0) is 41.8 Å². The molecule has 1 atom stereocenters. The Bertz CT molecular complexity index is 907. The van der Waals surface area contributed by atoms with Crippen LogP contribution in [-0.4, -0.2) is 38.2 Å². The molecule has 0 saturated carbocycles. The molecule has 0 amide bonds. The van der Waals surface area contributed by atoms with Gasteiger partial charge in [-0.15, -0.1) is 0 Å². The molecule has 1 heterocycles. The quantitative estimate of drug-likeness (QED) is 0.623. The van der Waals surface area contributed by atoms with Gasteiger partial charge in [0.2, 0.25) is 0 Å². The minimum absolute atomic E-state index is 0.197. The predicted molar refractivity (Wildman–Crippen MR) is 121 cm³/mol. The van der Waals surface area contributed by atoms with Crippen LogP contribution in [0.5, 0.6) is 11.5 Å². The van der Waals surface area contributed by atoms with Gasteiger partial charge in [0.15, 0.2) is 11.5 Å². The molecule has 0 bridgehead atoms. The van der Waals surface area contributed by atoms with Crippen LogP contribution < -0.4 is 14.8 Å². The smallest absolute Gasteiger partial charge is 0.161 e. The molecule has 30 heavy (non-hydrogen) atoms. The highest BCUT2D eigenvalue weighted by Crippen LogP contribution is 2.36. The van der Waals surface area contributed by atoms with Crippen molar-refractivity contribution in [2.45, 2.75) is 19.1 Å². The summed E-state index contributed by atoms with van der Waals surface area (Å²) >= 11 is 0. The molecule has 4 heteroatoms. The van der Waals surface area contributed by atoms with Crippen LogP contribution in [-0.2, 0) is 6.61 Å². The summed E-state index contributed by atoms with van der Waals surface area (Å²) in [6, 6.07) is 27.5. The number of methoxy groups -OCH3 is 1. The standard InChI is InChI=1S/C26H30N2O2/c1-29-25-19-23(13-14-24(25)30-20-21-9-4-2-5-10-21)26(22-11-6-3-7-12-22)28-17-8-15-27-16-18-28/h2-7,9-14,19,26-27H,8,15-18,20H2,1H3. The summed E-state index contributed by atoms with van der Waals surface area (Å²) in [5.74, 6) is 1.55. The Morgan fingerprint density at radius 3 is 2.37 bits per heavy atom. The second kappa shape index (κ2) is 10.3. The Hall–Kier alpha value is -2.82. The summed E-state index contributed by atoms with van der Waals surface area (Å²) < 4.78 is 11.8. The van der Waals surface area contributed by atoms with Gasteiger partial charge >= 0.3 is 0 Å². The van der Waals surface area contributed by atoms with Crippen LogP contribution in [0.1, 0.15) is 29.2 Å². The number of hydrogen-bond donors (Lipinski definition) is 1. The molecule has 4 rings (SSSR count). The van der Waals surface area contributed by atoms with E-state index in [9.17, 15) is 0 Å². The summed E-state index contributed by atoms with van der Waals surface area (Å²) in [5, 5.41) is 3.51. The Kier molecular flexibility index (Phi) is 7.01. The van der Waals surface area contributed by atoms with Gasteiger partial charge in [0.05, 0.1) is 13.2 Å². The van der Waals surface area contributed by atoms with Gasteiger partial charge in [-0.3, -0.25) is 4.90 Å². The molecular formula is C26H30N2O2. The summed E-state index contributed by atoms with van der Waals surface area (Å²) in [4.78, 5) is 2.56. The number of rotatable bonds is 7. The molecule has 1 N–H and O–H groups in total. The Morgan fingerprint density at radius 1 is 0.833 bits per heavy atom. The molecule has 1 unspecified atom stereocenters. The van der Waals surface area contributed by atoms with Crippen LogP contribution in [0.3, 0.4) is 0 Å². The fraction of sp³-hybridized carbons (Fsp3) is 0.308. The highest BCUT2D eigenvalue weighted by Gasteiger charge is 2.24. The van der Waals surface area contributed by atoms with E-state index in [0.29, 0.717) is 6.61 Å². The highest BCUT2D eigenvalue weighted by atomic mass is 16.5. The number of hydrogen-bond acceptors (Lipinski definition) is 4. The van der Waals surface area contributed by atoms with Crippen molar-refractivity contribution < 1.29 is 9.47 Å². The van der Waals surface area contributed by atoms with Gasteiger partial charge in [0, 0.05) is 19.6 Å². The number of benzene rings is 3. The van der Waals surface area contributed by atoms with Crippen molar-refractivity contribution in [2.75, 3.05) is 33.3 Å². The van der Waals surface area contributed by atoms with E-state index in [-0.39, 0.29) is 6.04 Å². The Morgan fingerprint density at radius 2 is 1.60 bits per heavy atom. The zero-order valence-electron chi connectivity index (χ0n) is 17.6. The van der Waals surface area contributed by atoms with Crippen LogP contribution in [0.4, 0.5) is 0 Å². The monoisotopic (exact) mass is 402 g/mol. The van der Waals surface area contributed by atoms with Gasteiger partial charge in [-0.2, -0.15) is 0 Å². The molecule has 1 saturated heterocycles. The third kappa shape index (κ3) is 5.02. The van der Waals surface area contributed by atoms with E-state index in [1.807, 2.05) is 24.3 Å². The Labute approximate surface area is 179 Å². The fourth-order valence-corrected chi connectivity index (χ4v) is 4.08. The van der Waals surface area contributed by atoms with E-state index < -0.39 is 0 Å². The first-order valence-electron chi connectivity index (χ1n) is 10.7. The molecule has 156 valence electrons. The maximum atomic E-state index is 6.07. The first-order valence-corrected chi connectivity index (χ1v) is 10.7. The number of nitrogens with one attached hydrogen (secondary N) is 1. The SMILES string of the molecule is COc1cc(C(c2ccccc2)N2CCCNCC2)ccc1OCc1ccccc1. The first-order chi connectivity index (χ1) is 14.8. The van der Waals surface area contributed by atoms with Crippen molar-refractivity contribution in [2.24, 2.45) is 0 Å². The average Bonchev–Trinajstić information content (AvgIpc) is 3.09. The van der Waals surface area contributed by atoms with E-state index in [0.717, 1.165) is 49.7 Å². The highest BCUT2D eigenvalue weighted by molar-refractivity contribution is 5.46. The molecule has 1 aliphatic heterocycles. The lowest BCUT2D eigenvalue weighted by atomic mass is 9.96. The maximum absolute atomic E-state index is 6.07. The van der Waals surface area contributed by atoms with Crippen LogP contribution in [0.15, 0.2) is 78.9 Å². The second-order valence-electron chi connectivity index (χ2n) is 7.64. The topological polar surface area (TPSA) is 33.7 Å².